The summed E-state index contributed by atoms with van der Waals surface area (Å²) in [6, 6.07) is 8.29. The quantitative estimate of drug-likeness (QED) is 0.754. The van der Waals surface area contributed by atoms with Gasteiger partial charge in [0.15, 0.2) is 0 Å². The number of carbonyl (C=O) groups excluding carboxylic acids is 1. The normalized spacial score (nSPS) is 25.8. The number of hydrogen-bond acceptors (Lipinski definition) is 5. The molecule has 27 heavy (non-hydrogen) atoms. The van der Waals surface area contributed by atoms with Gasteiger partial charge in [-0.1, -0.05) is 18.2 Å². The number of carbonyl (C=O) groups is 1. The minimum atomic E-state index is -3.82. The maximum Gasteiger partial charge on any atom is 0.327 e. The van der Waals surface area contributed by atoms with Crippen molar-refractivity contribution >= 4 is 27.0 Å². The Hall–Kier alpha value is -1.86. The molecule has 2 aromatic rings. The zero-order valence-electron chi connectivity index (χ0n) is 16.1. The molecule has 2 unspecified atom stereocenters. The number of benzene rings is 1. The van der Waals surface area contributed by atoms with Crippen molar-refractivity contribution in [1.82, 2.24) is 9.47 Å². The highest BCUT2D eigenvalue weighted by Gasteiger charge is 2.53. The van der Waals surface area contributed by atoms with Crippen LogP contribution >= 0.6 is 0 Å². The molecule has 2 aliphatic rings. The van der Waals surface area contributed by atoms with E-state index in [1.165, 1.54) is 17.9 Å². The van der Waals surface area contributed by atoms with E-state index in [1.54, 1.807) is 0 Å². The van der Waals surface area contributed by atoms with Crippen molar-refractivity contribution < 1.29 is 17.4 Å². The van der Waals surface area contributed by atoms with E-state index in [4.69, 9.17) is 4.18 Å². The molecule has 0 N–H and O–H groups in total. The largest absolute Gasteiger partial charge is 0.346 e. The van der Waals surface area contributed by atoms with Crippen LogP contribution in [0.25, 0.3) is 10.9 Å². The number of aryl methyl sites for hydroxylation is 1. The molecule has 0 amide bonds. The van der Waals surface area contributed by atoms with Gasteiger partial charge in [0.25, 0.3) is 0 Å². The third kappa shape index (κ3) is 2.70. The van der Waals surface area contributed by atoms with Crippen LogP contribution in [0.15, 0.2) is 24.3 Å². The predicted octanol–water partition coefficient (Wildman–Crippen LogP) is 2.55. The van der Waals surface area contributed by atoms with Crippen LogP contribution in [0.4, 0.5) is 0 Å². The Balaban J connectivity index is 1.86. The molecule has 7 heteroatoms. The Kier molecular flexibility index (Phi) is 4.35. The van der Waals surface area contributed by atoms with Crippen molar-refractivity contribution in [3.63, 3.8) is 0 Å². The van der Waals surface area contributed by atoms with Gasteiger partial charge < -0.3 is 8.75 Å². The van der Waals surface area contributed by atoms with Gasteiger partial charge in [-0.15, -0.1) is 0 Å². The summed E-state index contributed by atoms with van der Waals surface area (Å²) < 4.78 is 31.0. The maximum atomic E-state index is 12.9. The second-order valence-corrected chi connectivity index (χ2v) is 9.59. The van der Waals surface area contributed by atoms with E-state index >= 15 is 0 Å². The van der Waals surface area contributed by atoms with Crippen LogP contribution in [-0.2, 0) is 38.1 Å². The van der Waals surface area contributed by atoms with Crippen LogP contribution in [0.2, 0.25) is 0 Å². The second kappa shape index (κ2) is 6.34. The molecule has 1 aromatic carbocycles. The number of aromatic nitrogens is 1. The third-order valence-corrected chi connectivity index (χ3v) is 7.55. The number of hydrogen-bond donors (Lipinski definition) is 0. The molecule has 1 saturated heterocycles. The fraction of sp³-hybridized carbons (Fsp3) is 0.550. The summed E-state index contributed by atoms with van der Waals surface area (Å²) in [6.07, 6.45) is 2.42. The summed E-state index contributed by atoms with van der Waals surface area (Å²) in [6.45, 7) is 5.33. The van der Waals surface area contributed by atoms with Gasteiger partial charge in [-0.25, -0.2) is 0 Å². The van der Waals surface area contributed by atoms with Gasteiger partial charge in [0.2, 0.25) is 0 Å². The van der Waals surface area contributed by atoms with Gasteiger partial charge in [0.1, 0.15) is 0 Å². The highest BCUT2D eigenvalue weighted by Crippen LogP contribution is 2.48. The summed E-state index contributed by atoms with van der Waals surface area (Å²) >= 11 is 0. The molecule has 0 spiro atoms. The van der Waals surface area contributed by atoms with Crippen LogP contribution in [-0.4, -0.2) is 42.7 Å². The van der Waals surface area contributed by atoms with Gasteiger partial charge in [-0.3, -0.25) is 9.69 Å². The lowest BCUT2D eigenvalue weighted by molar-refractivity contribution is -0.148. The lowest BCUT2D eigenvalue weighted by Crippen LogP contribution is -2.59. The summed E-state index contributed by atoms with van der Waals surface area (Å²) in [5, 5.41) is 1.22. The van der Waals surface area contributed by atoms with Crippen molar-refractivity contribution in [2.24, 2.45) is 13.0 Å². The van der Waals surface area contributed by atoms with E-state index in [1.807, 2.05) is 19.2 Å². The molecule has 146 valence electrons. The van der Waals surface area contributed by atoms with Crippen LogP contribution < -0.4 is 0 Å². The van der Waals surface area contributed by atoms with Crippen molar-refractivity contribution in [3.05, 3.63) is 35.5 Å². The van der Waals surface area contributed by atoms with E-state index in [0.717, 1.165) is 37.1 Å². The minimum absolute atomic E-state index is 0.203. The Morgan fingerprint density at radius 1 is 1.30 bits per heavy atom. The number of nitrogens with zero attached hydrogens (tertiary/aromatic N) is 2. The molecular formula is C20H26N2O4S. The number of rotatable bonds is 3. The Morgan fingerprint density at radius 3 is 2.78 bits per heavy atom. The Labute approximate surface area is 160 Å². The average molecular weight is 391 g/mol. The maximum absolute atomic E-state index is 12.9. The number of para-hydroxylation sites is 1. The summed E-state index contributed by atoms with van der Waals surface area (Å²) in [5.41, 5.74) is 2.96. The fourth-order valence-corrected chi connectivity index (χ4v) is 5.57. The molecule has 3 heterocycles. The highest BCUT2D eigenvalue weighted by atomic mass is 32.2. The van der Waals surface area contributed by atoms with E-state index in [0.29, 0.717) is 6.42 Å². The molecule has 1 aromatic heterocycles. The van der Waals surface area contributed by atoms with Crippen molar-refractivity contribution in [2.75, 3.05) is 18.8 Å². The predicted molar refractivity (Wildman–Crippen MR) is 104 cm³/mol. The zero-order valence-corrected chi connectivity index (χ0v) is 16.9. The standard InChI is InChI=1S/C20H26N2O4S/c1-4-27(24,25)26-19(23)16-9-7-12-22-13-11-15-14-8-5-6-10-17(14)21(3)18(15)20(16,22)2/h5-6,8,10,16H,4,7,9,11-13H2,1-3H3. The van der Waals surface area contributed by atoms with Crippen LogP contribution in [0, 0.1) is 5.92 Å². The van der Waals surface area contributed by atoms with E-state index in [2.05, 4.69) is 28.5 Å². The lowest BCUT2D eigenvalue weighted by atomic mass is 9.72. The first kappa shape index (κ1) is 18.5. The smallest absolute Gasteiger partial charge is 0.327 e. The molecule has 0 radical (unpaired) electrons. The summed E-state index contributed by atoms with van der Waals surface area (Å²) in [7, 11) is -1.78. The molecule has 2 aliphatic heterocycles. The van der Waals surface area contributed by atoms with E-state index < -0.39 is 27.5 Å². The average Bonchev–Trinajstić information content (AvgIpc) is 2.94. The number of fused-ring (bicyclic) bond motifs is 5. The van der Waals surface area contributed by atoms with Crippen LogP contribution in [0.3, 0.4) is 0 Å². The van der Waals surface area contributed by atoms with Crippen LogP contribution in [0.1, 0.15) is 37.9 Å². The molecule has 0 bridgehead atoms. The number of piperidine rings is 1. The highest BCUT2D eigenvalue weighted by molar-refractivity contribution is 7.87. The summed E-state index contributed by atoms with van der Waals surface area (Å²) in [4.78, 5) is 15.3. The Bertz CT molecular complexity index is 1010. The Morgan fingerprint density at radius 2 is 2.04 bits per heavy atom. The first-order chi connectivity index (χ1) is 12.8. The molecule has 0 saturated carbocycles. The first-order valence-corrected chi connectivity index (χ1v) is 11.1. The van der Waals surface area contributed by atoms with Gasteiger partial charge in [0.05, 0.1) is 17.2 Å². The molecule has 4 rings (SSSR count). The molecule has 2 atom stereocenters. The van der Waals surface area contributed by atoms with Crippen molar-refractivity contribution in [1.29, 1.82) is 0 Å². The van der Waals surface area contributed by atoms with Gasteiger partial charge >= 0.3 is 16.1 Å². The molecular weight excluding hydrogens is 364 g/mol. The van der Waals surface area contributed by atoms with Crippen molar-refractivity contribution in [3.8, 4) is 0 Å². The van der Waals surface area contributed by atoms with Gasteiger partial charge in [-0.05, 0) is 51.3 Å². The van der Waals surface area contributed by atoms with Crippen LogP contribution in [0.5, 0.6) is 0 Å². The first-order valence-electron chi connectivity index (χ1n) is 9.57. The van der Waals surface area contributed by atoms with Crippen molar-refractivity contribution in [2.45, 2.75) is 38.6 Å². The van der Waals surface area contributed by atoms with E-state index in [-0.39, 0.29) is 5.75 Å². The fourth-order valence-electron chi connectivity index (χ4n) is 5.08. The van der Waals surface area contributed by atoms with Gasteiger partial charge in [0, 0.05) is 30.2 Å². The monoisotopic (exact) mass is 390 g/mol. The third-order valence-electron chi connectivity index (χ3n) is 6.43. The molecule has 0 aliphatic carbocycles. The second-order valence-electron chi connectivity index (χ2n) is 7.73. The lowest BCUT2D eigenvalue weighted by Gasteiger charge is -2.52. The topological polar surface area (TPSA) is 68.6 Å². The van der Waals surface area contributed by atoms with E-state index in [9.17, 15) is 13.2 Å². The zero-order chi connectivity index (χ0) is 19.4. The SMILES string of the molecule is CCS(=O)(=O)OC(=O)C1CCCN2CCc3c(n(C)c4ccccc34)C12C. The van der Waals surface area contributed by atoms with Gasteiger partial charge in [-0.2, -0.15) is 8.42 Å². The summed E-state index contributed by atoms with van der Waals surface area (Å²) in [5.74, 6) is -1.33. The minimum Gasteiger partial charge on any atom is -0.346 e. The molecule has 1 fully saturated rings. The molecule has 6 nitrogen and oxygen atoms in total.